The van der Waals surface area contributed by atoms with Crippen LogP contribution in [0, 0.1) is 17.0 Å². The number of likely N-dealkylation sites (tertiary alicyclic amines) is 1. The van der Waals surface area contributed by atoms with Gasteiger partial charge in [0.15, 0.2) is 4.34 Å². The normalized spacial score (nSPS) is 14.9. The molecule has 3 aromatic rings. The maximum absolute atomic E-state index is 12.9. The van der Waals surface area contributed by atoms with Gasteiger partial charge in [-0.25, -0.2) is 9.97 Å². The number of aromatic nitrogens is 3. The summed E-state index contributed by atoms with van der Waals surface area (Å²) < 4.78 is 2.81. The zero-order valence-electron chi connectivity index (χ0n) is 15.7. The average Bonchev–Trinajstić information content (AvgIpc) is 3.40. The van der Waals surface area contributed by atoms with Crippen LogP contribution in [0.2, 0.25) is 0 Å². The number of hydrogen-bond acceptors (Lipinski definition) is 7. The second-order valence-electron chi connectivity index (χ2n) is 6.83. The van der Waals surface area contributed by atoms with Crippen molar-refractivity contribution in [1.29, 1.82) is 0 Å². The molecular formula is C19H19N5O3S2. The van der Waals surface area contributed by atoms with Crippen molar-refractivity contribution in [2.24, 2.45) is 0 Å². The first-order chi connectivity index (χ1) is 14.0. The lowest BCUT2D eigenvalue weighted by atomic mass is 10.0. The van der Waals surface area contributed by atoms with Crippen LogP contribution in [0.25, 0.3) is 0 Å². The second-order valence-corrected chi connectivity index (χ2v) is 8.98. The molecule has 0 atom stereocenters. The summed E-state index contributed by atoms with van der Waals surface area (Å²) in [6.45, 7) is 3.11. The Morgan fingerprint density at radius 3 is 2.76 bits per heavy atom. The monoisotopic (exact) mass is 429 g/mol. The predicted octanol–water partition coefficient (Wildman–Crippen LogP) is 4.18. The summed E-state index contributed by atoms with van der Waals surface area (Å²) in [5.41, 5.74) is 1.16. The smallest absolute Gasteiger partial charge is 0.284 e. The summed E-state index contributed by atoms with van der Waals surface area (Å²) in [6.07, 6.45) is 7.16. The van der Waals surface area contributed by atoms with Gasteiger partial charge in [-0.3, -0.25) is 14.9 Å². The van der Waals surface area contributed by atoms with E-state index < -0.39 is 4.92 Å². The van der Waals surface area contributed by atoms with E-state index in [1.165, 1.54) is 29.2 Å². The molecule has 1 saturated heterocycles. The zero-order valence-corrected chi connectivity index (χ0v) is 17.4. The SMILES string of the molecule is Cc1csc(Sc2ccc(C(=O)N3CCC(n4ccnc4)CC3)cc2[N+](=O)[O-])n1. The number of rotatable bonds is 5. The van der Waals surface area contributed by atoms with Gasteiger partial charge >= 0.3 is 0 Å². The number of nitrogens with zero attached hydrogens (tertiary/aromatic N) is 5. The number of amides is 1. The quantitative estimate of drug-likeness (QED) is 0.446. The first-order valence-corrected chi connectivity index (χ1v) is 10.9. The minimum absolute atomic E-state index is 0.0676. The highest BCUT2D eigenvalue weighted by molar-refractivity contribution is 8.01. The van der Waals surface area contributed by atoms with E-state index in [0.29, 0.717) is 29.6 Å². The summed E-state index contributed by atoms with van der Waals surface area (Å²) in [5.74, 6) is -0.168. The summed E-state index contributed by atoms with van der Waals surface area (Å²) >= 11 is 2.69. The number of carbonyl (C=O) groups excluding carboxylic acids is 1. The molecule has 29 heavy (non-hydrogen) atoms. The second kappa shape index (κ2) is 8.34. The van der Waals surface area contributed by atoms with Gasteiger partial charge in [0.05, 0.1) is 16.1 Å². The predicted molar refractivity (Wildman–Crippen MR) is 110 cm³/mol. The largest absolute Gasteiger partial charge is 0.338 e. The number of piperidine rings is 1. The molecule has 1 aliphatic heterocycles. The van der Waals surface area contributed by atoms with E-state index in [2.05, 4.69) is 14.5 Å². The lowest BCUT2D eigenvalue weighted by molar-refractivity contribution is -0.387. The van der Waals surface area contributed by atoms with Gasteiger partial charge in [0.1, 0.15) is 0 Å². The molecule has 150 valence electrons. The number of nitro benzene ring substituents is 1. The molecule has 2 aromatic heterocycles. The van der Waals surface area contributed by atoms with E-state index in [0.717, 1.165) is 22.9 Å². The molecule has 0 aliphatic carbocycles. The highest BCUT2D eigenvalue weighted by Gasteiger charge is 2.26. The number of nitro groups is 1. The summed E-state index contributed by atoms with van der Waals surface area (Å²) in [6, 6.07) is 5.02. The number of aryl methyl sites for hydroxylation is 1. The number of benzene rings is 1. The third-order valence-electron chi connectivity index (χ3n) is 4.90. The minimum Gasteiger partial charge on any atom is -0.338 e. The molecular weight excluding hydrogens is 410 g/mol. The van der Waals surface area contributed by atoms with Gasteiger partial charge in [0, 0.05) is 54.2 Å². The molecule has 3 heterocycles. The first-order valence-electron chi connectivity index (χ1n) is 9.16. The van der Waals surface area contributed by atoms with Crippen LogP contribution in [0.3, 0.4) is 0 Å². The number of thiazole rings is 1. The Morgan fingerprint density at radius 2 is 2.14 bits per heavy atom. The van der Waals surface area contributed by atoms with Gasteiger partial charge < -0.3 is 9.47 Å². The van der Waals surface area contributed by atoms with Crippen LogP contribution in [0.5, 0.6) is 0 Å². The van der Waals surface area contributed by atoms with Crippen LogP contribution >= 0.6 is 23.1 Å². The molecule has 4 rings (SSSR count). The molecule has 10 heteroatoms. The maximum atomic E-state index is 12.9. The molecule has 0 unspecified atom stereocenters. The molecule has 1 aliphatic rings. The van der Waals surface area contributed by atoms with E-state index in [-0.39, 0.29) is 11.6 Å². The molecule has 8 nitrogen and oxygen atoms in total. The Hall–Kier alpha value is -2.72. The first kappa shape index (κ1) is 19.6. The summed E-state index contributed by atoms with van der Waals surface area (Å²) in [4.78, 5) is 34.7. The lowest BCUT2D eigenvalue weighted by Crippen LogP contribution is -2.38. The maximum Gasteiger partial charge on any atom is 0.284 e. The Morgan fingerprint density at radius 1 is 1.34 bits per heavy atom. The number of carbonyl (C=O) groups is 1. The Labute approximate surface area is 175 Å². The van der Waals surface area contributed by atoms with Gasteiger partial charge in [-0.1, -0.05) is 11.8 Å². The van der Waals surface area contributed by atoms with Crippen molar-refractivity contribution in [2.75, 3.05) is 13.1 Å². The van der Waals surface area contributed by atoms with Crippen molar-refractivity contribution >= 4 is 34.7 Å². The third-order valence-corrected chi connectivity index (χ3v) is 7.02. The highest BCUT2D eigenvalue weighted by atomic mass is 32.2. The fourth-order valence-electron chi connectivity index (χ4n) is 3.39. The van der Waals surface area contributed by atoms with Gasteiger partial charge in [0.2, 0.25) is 0 Å². The Balaban J connectivity index is 1.48. The van der Waals surface area contributed by atoms with Gasteiger partial charge in [-0.05, 0) is 31.9 Å². The van der Waals surface area contributed by atoms with Crippen LogP contribution in [-0.4, -0.2) is 43.4 Å². The van der Waals surface area contributed by atoms with Gasteiger partial charge in [-0.15, -0.1) is 11.3 Å². The van der Waals surface area contributed by atoms with Crippen molar-refractivity contribution in [3.05, 3.63) is 63.7 Å². The number of hydrogen-bond donors (Lipinski definition) is 0. The highest BCUT2D eigenvalue weighted by Crippen LogP contribution is 2.37. The topological polar surface area (TPSA) is 94.2 Å². The zero-order chi connectivity index (χ0) is 20.4. The van der Waals surface area contributed by atoms with Crippen LogP contribution in [0.1, 0.15) is 34.9 Å². The van der Waals surface area contributed by atoms with Crippen LogP contribution < -0.4 is 0 Å². The van der Waals surface area contributed by atoms with Crippen LogP contribution in [-0.2, 0) is 0 Å². The fourth-order valence-corrected chi connectivity index (χ4v) is 5.27. The summed E-state index contributed by atoms with van der Waals surface area (Å²) in [7, 11) is 0. The number of imidazole rings is 1. The van der Waals surface area contributed by atoms with E-state index >= 15 is 0 Å². The fraction of sp³-hybridized carbons (Fsp3) is 0.316. The van der Waals surface area contributed by atoms with E-state index in [1.807, 2.05) is 18.5 Å². The Bertz CT molecular complexity index is 1030. The van der Waals surface area contributed by atoms with Crippen molar-refractivity contribution in [1.82, 2.24) is 19.4 Å². The van der Waals surface area contributed by atoms with Crippen LogP contribution in [0.15, 0.2) is 51.5 Å². The summed E-state index contributed by atoms with van der Waals surface area (Å²) in [5, 5.41) is 13.5. The van der Waals surface area contributed by atoms with Gasteiger partial charge in [-0.2, -0.15) is 0 Å². The van der Waals surface area contributed by atoms with Gasteiger partial charge in [0.25, 0.3) is 11.6 Å². The molecule has 0 spiro atoms. The molecule has 0 saturated carbocycles. The lowest BCUT2D eigenvalue weighted by Gasteiger charge is -2.32. The molecule has 1 aromatic carbocycles. The molecule has 0 N–H and O–H groups in total. The molecule has 0 bridgehead atoms. The average molecular weight is 430 g/mol. The molecule has 1 fully saturated rings. The van der Waals surface area contributed by atoms with Crippen LogP contribution in [0.4, 0.5) is 5.69 Å². The molecule has 1 amide bonds. The molecule has 0 radical (unpaired) electrons. The minimum atomic E-state index is -0.440. The van der Waals surface area contributed by atoms with E-state index in [1.54, 1.807) is 29.6 Å². The van der Waals surface area contributed by atoms with Crippen molar-refractivity contribution in [3.63, 3.8) is 0 Å². The Kier molecular flexibility index (Phi) is 5.63. The van der Waals surface area contributed by atoms with Crippen molar-refractivity contribution in [2.45, 2.75) is 35.0 Å². The standard InChI is InChI=1S/C19H19N5O3S2/c1-13-11-28-19(21-13)29-17-3-2-14(10-16(17)24(26)27)18(25)22-7-4-15(5-8-22)23-9-6-20-12-23/h2-3,6,9-12,15H,4-5,7-8H2,1H3. The van der Waals surface area contributed by atoms with E-state index in [9.17, 15) is 14.9 Å². The van der Waals surface area contributed by atoms with Crippen molar-refractivity contribution in [3.8, 4) is 0 Å². The van der Waals surface area contributed by atoms with Crippen molar-refractivity contribution < 1.29 is 9.72 Å². The third kappa shape index (κ3) is 4.33. The van der Waals surface area contributed by atoms with E-state index in [4.69, 9.17) is 0 Å².